The van der Waals surface area contributed by atoms with Crippen LogP contribution in [0.5, 0.6) is 0 Å². The van der Waals surface area contributed by atoms with Crippen LogP contribution in [0.4, 0.5) is 0 Å². The van der Waals surface area contributed by atoms with Crippen LogP contribution in [0.25, 0.3) is 0 Å². The van der Waals surface area contributed by atoms with Gasteiger partial charge in [0.25, 0.3) is 0 Å². The zero-order chi connectivity index (χ0) is 13.9. The van der Waals surface area contributed by atoms with Gasteiger partial charge in [-0.2, -0.15) is 0 Å². The lowest BCUT2D eigenvalue weighted by atomic mass is 9.49. The van der Waals surface area contributed by atoms with E-state index >= 15 is 0 Å². The summed E-state index contributed by atoms with van der Waals surface area (Å²) in [6.07, 6.45) is 9.75. The minimum atomic E-state index is -0.0767. The Morgan fingerprint density at radius 3 is 2.00 bits per heavy atom. The summed E-state index contributed by atoms with van der Waals surface area (Å²) in [7, 11) is 0. The Hall–Kier alpha value is -0.640. The zero-order valence-electron chi connectivity index (χ0n) is 11.9. The molecule has 5 fully saturated rings. The van der Waals surface area contributed by atoms with E-state index in [4.69, 9.17) is 18.0 Å². The van der Waals surface area contributed by atoms with Crippen molar-refractivity contribution >= 4 is 23.1 Å². The first-order chi connectivity index (χ1) is 9.56. The average molecular weight is 292 g/mol. The van der Waals surface area contributed by atoms with Crippen molar-refractivity contribution in [1.29, 1.82) is 0 Å². The molecular weight excluding hydrogens is 268 g/mol. The Morgan fingerprint density at radius 1 is 1.10 bits per heavy atom. The molecule has 4 heteroatoms. The van der Waals surface area contributed by atoms with Crippen LogP contribution in [0.1, 0.15) is 51.4 Å². The van der Waals surface area contributed by atoms with E-state index < -0.39 is 0 Å². The van der Waals surface area contributed by atoms with Crippen LogP contribution in [0, 0.1) is 29.1 Å². The van der Waals surface area contributed by atoms with E-state index in [1.807, 2.05) is 0 Å². The second-order valence-electron chi connectivity index (χ2n) is 7.89. The lowest BCUT2D eigenvalue weighted by Gasteiger charge is -2.55. The first-order valence-corrected chi connectivity index (χ1v) is 8.57. The number of hydrogen-bond acceptors (Lipinski definition) is 2. The van der Waals surface area contributed by atoms with E-state index in [0.717, 1.165) is 49.9 Å². The second-order valence-corrected chi connectivity index (χ2v) is 8.36. The van der Waals surface area contributed by atoms with E-state index in [-0.39, 0.29) is 17.4 Å². The van der Waals surface area contributed by atoms with E-state index in [1.54, 1.807) is 0 Å². The summed E-state index contributed by atoms with van der Waals surface area (Å²) in [5, 5.41) is 3.23. The molecular formula is C16H24N2OS. The minimum absolute atomic E-state index is 0.0505. The largest absolute Gasteiger partial charge is 0.392 e. The van der Waals surface area contributed by atoms with Crippen LogP contribution in [0.2, 0.25) is 0 Å². The normalized spacial score (nSPS) is 43.3. The Bertz CT molecular complexity index is 422. The maximum Gasteiger partial charge on any atom is 0.226 e. The van der Waals surface area contributed by atoms with Crippen LogP contribution in [0.3, 0.4) is 0 Å². The van der Waals surface area contributed by atoms with Crippen molar-refractivity contribution in [2.24, 2.45) is 34.8 Å². The van der Waals surface area contributed by atoms with Crippen molar-refractivity contribution in [2.45, 2.75) is 57.4 Å². The molecule has 0 heterocycles. The predicted octanol–water partition coefficient (Wildman–Crippen LogP) is 2.38. The highest BCUT2D eigenvalue weighted by atomic mass is 32.1. The van der Waals surface area contributed by atoms with Gasteiger partial charge in [0.2, 0.25) is 5.91 Å². The Kier molecular flexibility index (Phi) is 2.89. The monoisotopic (exact) mass is 292 g/mol. The highest BCUT2D eigenvalue weighted by Gasteiger charge is 2.55. The van der Waals surface area contributed by atoms with Gasteiger partial charge >= 0.3 is 0 Å². The van der Waals surface area contributed by atoms with Crippen molar-refractivity contribution in [2.75, 3.05) is 0 Å². The van der Waals surface area contributed by atoms with Gasteiger partial charge < -0.3 is 11.1 Å². The fourth-order valence-electron chi connectivity index (χ4n) is 5.53. The first-order valence-electron chi connectivity index (χ1n) is 8.16. The Balaban J connectivity index is 1.51. The minimum Gasteiger partial charge on any atom is -0.392 e. The number of hydrogen-bond donors (Lipinski definition) is 2. The lowest BCUT2D eigenvalue weighted by molar-refractivity contribution is -0.146. The molecule has 0 radical (unpaired) electrons. The summed E-state index contributed by atoms with van der Waals surface area (Å²) in [6.45, 7) is 0. The Morgan fingerprint density at radius 2 is 1.60 bits per heavy atom. The first kappa shape index (κ1) is 13.1. The summed E-state index contributed by atoms with van der Waals surface area (Å²) in [5.41, 5.74) is 5.76. The number of amides is 1. The molecule has 0 aliphatic heterocycles. The summed E-state index contributed by atoms with van der Waals surface area (Å²) in [4.78, 5) is 13.4. The van der Waals surface area contributed by atoms with Gasteiger partial charge in [0.05, 0.1) is 11.0 Å². The van der Waals surface area contributed by atoms with Crippen molar-refractivity contribution in [3.05, 3.63) is 0 Å². The highest BCUT2D eigenvalue weighted by molar-refractivity contribution is 7.80. The Labute approximate surface area is 126 Å². The van der Waals surface area contributed by atoms with Crippen molar-refractivity contribution in [1.82, 2.24) is 5.32 Å². The van der Waals surface area contributed by atoms with Gasteiger partial charge in [-0.1, -0.05) is 12.2 Å². The SMILES string of the molecule is NC(=S)C(NC(=O)C12CC3CC(CC(C3)C1)C2)C1CC1. The fourth-order valence-corrected chi connectivity index (χ4v) is 5.79. The van der Waals surface area contributed by atoms with Crippen LogP contribution >= 0.6 is 12.2 Å². The number of rotatable bonds is 4. The summed E-state index contributed by atoms with van der Waals surface area (Å²) >= 11 is 5.16. The van der Waals surface area contributed by atoms with Crippen molar-refractivity contribution in [3.8, 4) is 0 Å². The standard InChI is InChI=1S/C16H24N2OS/c17-14(20)13(12-1-2-12)18-15(19)16-6-9-3-10(7-16)5-11(4-9)8-16/h9-13H,1-8H2,(H2,17,20)(H,18,19). The van der Waals surface area contributed by atoms with E-state index in [9.17, 15) is 4.79 Å². The molecule has 5 aliphatic rings. The van der Waals surface area contributed by atoms with Crippen LogP contribution < -0.4 is 11.1 Å². The third-order valence-electron chi connectivity index (χ3n) is 6.21. The number of carbonyl (C=O) groups excluding carboxylic acids is 1. The molecule has 0 saturated heterocycles. The van der Waals surface area contributed by atoms with Crippen molar-refractivity contribution in [3.63, 3.8) is 0 Å². The van der Waals surface area contributed by atoms with Gasteiger partial charge in [-0.3, -0.25) is 4.79 Å². The maximum absolute atomic E-state index is 12.9. The molecule has 110 valence electrons. The molecule has 3 N–H and O–H groups in total. The number of nitrogens with two attached hydrogens (primary N) is 1. The molecule has 3 nitrogen and oxygen atoms in total. The van der Waals surface area contributed by atoms with E-state index in [1.165, 1.54) is 19.3 Å². The summed E-state index contributed by atoms with van der Waals surface area (Å²) in [5.74, 6) is 3.18. The van der Waals surface area contributed by atoms with E-state index in [2.05, 4.69) is 5.32 Å². The van der Waals surface area contributed by atoms with Gasteiger partial charge in [0, 0.05) is 5.41 Å². The number of carbonyl (C=O) groups is 1. The van der Waals surface area contributed by atoms with Crippen LogP contribution in [0.15, 0.2) is 0 Å². The maximum atomic E-state index is 12.9. The predicted molar refractivity (Wildman–Crippen MR) is 82.0 cm³/mol. The zero-order valence-corrected chi connectivity index (χ0v) is 12.8. The highest BCUT2D eigenvalue weighted by Crippen LogP contribution is 2.60. The van der Waals surface area contributed by atoms with Gasteiger partial charge in [-0.25, -0.2) is 0 Å². The third kappa shape index (κ3) is 2.07. The third-order valence-corrected chi connectivity index (χ3v) is 6.46. The molecule has 20 heavy (non-hydrogen) atoms. The molecule has 0 aromatic rings. The van der Waals surface area contributed by atoms with Gasteiger partial charge in [-0.05, 0) is 75.0 Å². The quantitative estimate of drug-likeness (QED) is 0.782. The smallest absolute Gasteiger partial charge is 0.226 e. The molecule has 5 saturated carbocycles. The molecule has 1 atom stereocenters. The topological polar surface area (TPSA) is 55.1 Å². The fraction of sp³-hybridized carbons (Fsp3) is 0.875. The van der Waals surface area contributed by atoms with Gasteiger partial charge in [-0.15, -0.1) is 0 Å². The lowest BCUT2D eigenvalue weighted by Crippen LogP contribution is -2.57. The molecule has 4 bridgehead atoms. The molecule has 5 rings (SSSR count). The van der Waals surface area contributed by atoms with Crippen molar-refractivity contribution < 1.29 is 4.79 Å². The van der Waals surface area contributed by atoms with E-state index in [0.29, 0.717) is 10.9 Å². The van der Waals surface area contributed by atoms with Crippen LogP contribution in [-0.4, -0.2) is 16.9 Å². The van der Waals surface area contributed by atoms with Gasteiger partial charge in [0.15, 0.2) is 0 Å². The molecule has 5 aliphatic carbocycles. The molecule has 0 aromatic carbocycles. The second kappa shape index (κ2) is 4.43. The molecule has 1 unspecified atom stereocenters. The summed E-state index contributed by atoms with van der Waals surface area (Å²) in [6, 6.07) is -0.0505. The molecule has 0 spiro atoms. The van der Waals surface area contributed by atoms with Crippen LogP contribution in [-0.2, 0) is 4.79 Å². The molecule has 0 aromatic heterocycles. The average Bonchev–Trinajstić information content (AvgIpc) is 3.17. The summed E-state index contributed by atoms with van der Waals surface area (Å²) < 4.78 is 0. The van der Waals surface area contributed by atoms with Gasteiger partial charge in [0.1, 0.15) is 0 Å². The number of thiocarbonyl (C=S) groups is 1. The number of nitrogens with one attached hydrogen (secondary N) is 1. The molecule has 1 amide bonds.